The largest absolute Gasteiger partial charge is 0.475 e. The summed E-state index contributed by atoms with van der Waals surface area (Å²) in [5, 5.41) is 12.3. The van der Waals surface area contributed by atoms with Gasteiger partial charge >= 0.3 is 5.97 Å². The van der Waals surface area contributed by atoms with Crippen LogP contribution in [0.2, 0.25) is 0 Å². The number of carbonyl (C=O) groups is 1. The number of aromatic carboxylic acids is 1. The normalized spacial score (nSPS) is 17.4. The summed E-state index contributed by atoms with van der Waals surface area (Å²) in [5.74, 6) is -1.15. The second-order valence-electron chi connectivity index (χ2n) is 3.47. The van der Waals surface area contributed by atoms with Crippen molar-refractivity contribution >= 4 is 5.97 Å². The highest BCUT2D eigenvalue weighted by molar-refractivity contribution is 5.84. The molecule has 0 atom stereocenters. The van der Waals surface area contributed by atoms with Crippen LogP contribution in [0.1, 0.15) is 29.1 Å². The van der Waals surface area contributed by atoms with Gasteiger partial charge in [0.15, 0.2) is 0 Å². The minimum atomic E-state index is -1.06. The van der Waals surface area contributed by atoms with Crippen molar-refractivity contribution in [3.8, 4) is 0 Å². The Morgan fingerprint density at radius 3 is 2.86 bits per heavy atom. The molecule has 1 fully saturated rings. The zero-order valence-corrected chi connectivity index (χ0v) is 7.77. The average molecular weight is 196 g/mol. The van der Waals surface area contributed by atoms with E-state index in [-0.39, 0.29) is 5.76 Å². The summed E-state index contributed by atoms with van der Waals surface area (Å²) in [7, 11) is 0. The van der Waals surface area contributed by atoms with E-state index in [1.54, 1.807) is 0 Å². The second kappa shape index (κ2) is 3.79. The lowest BCUT2D eigenvalue weighted by molar-refractivity contribution is 0.0652. The molecule has 2 heterocycles. The number of likely N-dealkylation sites (tertiary alicyclic amines) is 1. The Morgan fingerprint density at radius 2 is 2.29 bits per heavy atom. The Hall–Kier alpha value is -1.36. The van der Waals surface area contributed by atoms with Crippen molar-refractivity contribution in [3.63, 3.8) is 0 Å². The molecule has 5 heteroatoms. The number of hydrogen-bond donors (Lipinski definition) is 1. The molecule has 1 aliphatic rings. The molecule has 14 heavy (non-hydrogen) atoms. The van der Waals surface area contributed by atoms with Crippen LogP contribution in [-0.4, -0.2) is 34.2 Å². The van der Waals surface area contributed by atoms with Crippen molar-refractivity contribution in [1.82, 2.24) is 10.1 Å². The van der Waals surface area contributed by atoms with Gasteiger partial charge in [0.2, 0.25) is 5.76 Å². The number of nitrogens with zero attached hydrogens (tertiary/aromatic N) is 2. The molecule has 1 N–H and O–H groups in total. The number of carboxylic acid groups (broad SMARTS) is 1. The van der Waals surface area contributed by atoms with Crippen LogP contribution in [0.25, 0.3) is 0 Å². The molecule has 1 aliphatic heterocycles. The Morgan fingerprint density at radius 1 is 1.57 bits per heavy atom. The third-order valence-corrected chi connectivity index (χ3v) is 2.35. The molecule has 76 valence electrons. The van der Waals surface area contributed by atoms with Crippen molar-refractivity contribution in [2.45, 2.75) is 19.4 Å². The molecular weight excluding hydrogens is 184 g/mol. The highest BCUT2D eigenvalue weighted by atomic mass is 16.5. The van der Waals surface area contributed by atoms with Crippen molar-refractivity contribution in [3.05, 3.63) is 17.5 Å². The molecule has 0 spiro atoms. The van der Waals surface area contributed by atoms with Gasteiger partial charge in [0.1, 0.15) is 0 Å². The molecule has 0 unspecified atom stereocenters. The van der Waals surface area contributed by atoms with Crippen LogP contribution >= 0.6 is 0 Å². The summed E-state index contributed by atoms with van der Waals surface area (Å²) in [6, 6.07) is 1.49. The van der Waals surface area contributed by atoms with E-state index in [4.69, 9.17) is 5.11 Å². The first-order chi connectivity index (χ1) is 6.75. The maximum atomic E-state index is 10.5. The lowest BCUT2D eigenvalue weighted by atomic mass is 10.3. The lowest BCUT2D eigenvalue weighted by Crippen LogP contribution is -2.18. The van der Waals surface area contributed by atoms with Crippen LogP contribution in [0.15, 0.2) is 10.6 Å². The van der Waals surface area contributed by atoms with Gasteiger partial charge in [-0.05, 0) is 25.9 Å². The van der Waals surface area contributed by atoms with Crippen molar-refractivity contribution < 1.29 is 14.4 Å². The Kier molecular flexibility index (Phi) is 2.49. The third-order valence-electron chi connectivity index (χ3n) is 2.35. The third kappa shape index (κ3) is 1.93. The molecule has 2 rings (SSSR count). The van der Waals surface area contributed by atoms with Gasteiger partial charge < -0.3 is 9.63 Å². The van der Waals surface area contributed by atoms with Gasteiger partial charge in [-0.25, -0.2) is 4.79 Å². The Balaban J connectivity index is 1.98. The zero-order valence-electron chi connectivity index (χ0n) is 7.77. The van der Waals surface area contributed by atoms with Gasteiger partial charge in [0.25, 0.3) is 0 Å². The minimum absolute atomic E-state index is 0.0841. The highest BCUT2D eigenvalue weighted by Crippen LogP contribution is 2.12. The zero-order chi connectivity index (χ0) is 9.97. The van der Waals surface area contributed by atoms with Crippen LogP contribution < -0.4 is 0 Å². The first kappa shape index (κ1) is 9.21. The van der Waals surface area contributed by atoms with Gasteiger partial charge in [-0.3, -0.25) is 4.90 Å². The van der Waals surface area contributed by atoms with Crippen LogP contribution in [-0.2, 0) is 6.54 Å². The second-order valence-corrected chi connectivity index (χ2v) is 3.47. The van der Waals surface area contributed by atoms with Crippen molar-refractivity contribution in [1.29, 1.82) is 0 Å². The molecule has 1 aromatic rings. The molecule has 0 aromatic carbocycles. The summed E-state index contributed by atoms with van der Waals surface area (Å²) in [6.45, 7) is 2.82. The molecule has 0 saturated carbocycles. The fourth-order valence-electron chi connectivity index (χ4n) is 1.66. The quantitative estimate of drug-likeness (QED) is 0.780. The summed E-state index contributed by atoms with van der Waals surface area (Å²) in [6.07, 6.45) is 2.42. The van der Waals surface area contributed by atoms with Crippen molar-refractivity contribution in [2.24, 2.45) is 0 Å². The van der Waals surface area contributed by atoms with Gasteiger partial charge in [-0.1, -0.05) is 5.16 Å². The van der Waals surface area contributed by atoms with E-state index in [2.05, 4.69) is 14.6 Å². The molecular formula is C9H12N2O3. The van der Waals surface area contributed by atoms with E-state index in [9.17, 15) is 4.79 Å². The van der Waals surface area contributed by atoms with Crippen LogP contribution in [0.3, 0.4) is 0 Å². The van der Waals surface area contributed by atoms with E-state index < -0.39 is 5.97 Å². The number of carboxylic acids is 1. The molecule has 5 nitrogen and oxygen atoms in total. The Bertz CT molecular complexity index is 329. The van der Waals surface area contributed by atoms with Crippen LogP contribution in [0, 0.1) is 0 Å². The predicted octanol–water partition coefficient (Wildman–Crippen LogP) is 0.969. The molecule has 1 saturated heterocycles. The summed E-state index contributed by atoms with van der Waals surface area (Å²) in [5.41, 5.74) is 0.698. The van der Waals surface area contributed by atoms with Gasteiger partial charge in [0, 0.05) is 12.6 Å². The predicted molar refractivity (Wildman–Crippen MR) is 48.0 cm³/mol. The van der Waals surface area contributed by atoms with Gasteiger partial charge in [-0.2, -0.15) is 0 Å². The fourth-order valence-corrected chi connectivity index (χ4v) is 1.66. The summed E-state index contributed by atoms with van der Waals surface area (Å²) >= 11 is 0. The lowest BCUT2D eigenvalue weighted by Gasteiger charge is -2.10. The number of hydrogen-bond acceptors (Lipinski definition) is 4. The summed E-state index contributed by atoms with van der Waals surface area (Å²) < 4.78 is 4.66. The molecule has 0 amide bonds. The van der Waals surface area contributed by atoms with E-state index in [0.29, 0.717) is 12.2 Å². The molecule has 1 aromatic heterocycles. The maximum Gasteiger partial charge on any atom is 0.374 e. The number of aromatic nitrogens is 1. The van der Waals surface area contributed by atoms with Gasteiger partial charge in [0.05, 0.1) is 5.69 Å². The molecule has 0 radical (unpaired) electrons. The minimum Gasteiger partial charge on any atom is -0.475 e. The van der Waals surface area contributed by atoms with E-state index in [1.807, 2.05) is 0 Å². The monoisotopic (exact) mass is 196 g/mol. The summed E-state index contributed by atoms with van der Waals surface area (Å²) in [4.78, 5) is 12.7. The van der Waals surface area contributed by atoms with Gasteiger partial charge in [-0.15, -0.1) is 0 Å². The first-order valence-corrected chi connectivity index (χ1v) is 4.67. The molecule has 0 bridgehead atoms. The Labute approximate surface area is 81.3 Å². The van der Waals surface area contributed by atoms with E-state index in [0.717, 1.165) is 13.1 Å². The topological polar surface area (TPSA) is 66.6 Å². The highest BCUT2D eigenvalue weighted by Gasteiger charge is 2.16. The van der Waals surface area contributed by atoms with E-state index in [1.165, 1.54) is 18.9 Å². The number of rotatable bonds is 3. The standard InChI is InChI=1S/C9H12N2O3/c12-9(13)8-5-7(10-14-8)6-11-3-1-2-4-11/h5H,1-4,6H2,(H,12,13). The maximum absolute atomic E-state index is 10.5. The smallest absolute Gasteiger partial charge is 0.374 e. The van der Waals surface area contributed by atoms with Crippen LogP contribution in [0.5, 0.6) is 0 Å². The fraction of sp³-hybridized carbons (Fsp3) is 0.556. The molecule has 0 aliphatic carbocycles. The first-order valence-electron chi connectivity index (χ1n) is 4.67. The SMILES string of the molecule is O=C(O)c1cc(CN2CCCC2)no1. The average Bonchev–Trinajstić information content (AvgIpc) is 2.75. The van der Waals surface area contributed by atoms with Crippen LogP contribution in [0.4, 0.5) is 0 Å². The van der Waals surface area contributed by atoms with Crippen molar-refractivity contribution in [2.75, 3.05) is 13.1 Å². The van der Waals surface area contributed by atoms with E-state index >= 15 is 0 Å².